The van der Waals surface area contributed by atoms with Gasteiger partial charge in [0.15, 0.2) is 11.6 Å². The highest BCUT2D eigenvalue weighted by Crippen LogP contribution is 2.24. The molecule has 7 heteroatoms. The SMILES string of the molecule is Cc1nc2ccc(CC(=O)COCc3ccccc3)cc2c(=O)n1C1CCC(=O)CC1=O. The summed E-state index contributed by atoms with van der Waals surface area (Å²) in [5.74, 6) is -0.00883. The van der Waals surface area contributed by atoms with Gasteiger partial charge in [-0.25, -0.2) is 4.98 Å². The molecule has 4 rings (SSSR count). The summed E-state index contributed by atoms with van der Waals surface area (Å²) >= 11 is 0. The molecule has 3 aromatic rings. The molecule has 0 saturated heterocycles. The molecular formula is C25H24N2O5. The predicted molar refractivity (Wildman–Crippen MR) is 118 cm³/mol. The zero-order valence-corrected chi connectivity index (χ0v) is 17.9. The zero-order chi connectivity index (χ0) is 22.7. The number of aromatic nitrogens is 2. The second kappa shape index (κ2) is 9.36. The molecule has 2 aromatic carbocycles. The fraction of sp³-hybridized carbons (Fsp3) is 0.320. The van der Waals surface area contributed by atoms with E-state index in [9.17, 15) is 19.2 Å². The van der Waals surface area contributed by atoms with Crippen molar-refractivity contribution in [3.05, 3.63) is 75.8 Å². The Morgan fingerprint density at radius 3 is 2.62 bits per heavy atom. The molecule has 1 aliphatic rings. The molecule has 32 heavy (non-hydrogen) atoms. The average molecular weight is 432 g/mol. The zero-order valence-electron chi connectivity index (χ0n) is 17.9. The Balaban J connectivity index is 1.51. The number of nitrogens with zero attached hydrogens (tertiary/aromatic N) is 2. The molecule has 164 valence electrons. The van der Waals surface area contributed by atoms with Gasteiger partial charge in [-0.2, -0.15) is 0 Å². The van der Waals surface area contributed by atoms with Crippen LogP contribution in [0.15, 0.2) is 53.3 Å². The number of rotatable bonds is 7. The van der Waals surface area contributed by atoms with E-state index >= 15 is 0 Å². The van der Waals surface area contributed by atoms with Gasteiger partial charge in [-0.15, -0.1) is 0 Å². The van der Waals surface area contributed by atoms with E-state index in [4.69, 9.17) is 4.74 Å². The van der Waals surface area contributed by atoms with Crippen LogP contribution in [-0.2, 0) is 32.1 Å². The van der Waals surface area contributed by atoms with Gasteiger partial charge >= 0.3 is 0 Å². The van der Waals surface area contributed by atoms with Crippen molar-refractivity contribution in [2.45, 2.75) is 45.3 Å². The molecule has 1 heterocycles. The highest BCUT2D eigenvalue weighted by molar-refractivity contribution is 6.03. The van der Waals surface area contributed by atoms with E-state index in [0.29, 0.717) is 35.3 Å². The van der Waals surface area contributed by atoms with Gasteiger partial charge in [0, 0.05) is 12.8 Å². The van der Waals surface area contributed by atoms with Crippen molar-refractivity contribution in [1.29, 1.82) is 0 Å². The first-order chi connectivity index (χ1) is 15.4. The van der Waals surface area contributed by atoms with E-state index in [0.717, 1.165) is 5.56 Å². The van der Waals surface area contributed by atoms with Crippen LogP contribution >= 0.6 is 0 Å². The third kappa shape index (κ3) is 4.73. The minimum absolute atomic E-state index is 0.0199. The molecule has 7 nitrogen and oxygen atoms in total. The number of ketones is 3. The molecule has 1 unspecified atom stereocenters. The van der Waals surface area contributed by atoms with Gasteiger partial charge in [-0.1, -0.05) is 36.4 Å². The van der Waals surface area contributed by atoms with Crippen molar-refractivity contribution in [3.63, 3.8) is 0 Å². The van der Waals surface area contributed by atoms with Crippen LogP contribution in [0, 0.1) is 6.92 Å². The summed E-state index contributed by atoms with van der Waals surface area (Å²) in [7, 11) is 0. The molecule has 0 radical (unpaired) electrons. The Hall–Kier alpha value is -3.45. The highest BCUT2D eigenvalue weighted by Gasteiger charge is 2.30. The highest BCUT2D eigenvalue weighted by atomic mass is 16.5. The Morgan fingerprint density at radius 2 is 1.88 bits per heavy atom. The molecule has 0 bridgehead atoms. The quantitative estimate of drug-likeness (QED) is 0.533. The third-order valence-electron chi connectivity index (χ3n) is 5.67. The largest absolute Gasteiger partial charge is 0.369 e. The van der Waals surface area contributed by atoms with E-state index in [2.05, 4.69) is 4.98 Å². The van der Waals surface area contributed by atoms with Crippen LogP contribution < -0.4 is 5.56 Å². The van der Waals surface area contributed by atoms with Crippen LogP contribution in [0.4, 0.5) is 0 Å². The van der Waals surface area contributed by atoms with Crippen LogP contribution in [0.1, 0.15) is 42.3 Å². The lowest BCUT2D eigenvalue weighted by Gasteiger charge is -2.24. The number of carbonyl (C=O) groups is 3. The first kappa shape index (κ1) is 21.8. The molecule has 0 spiro atoms. The van der Waals surface area contributed by atoms with E-state index in [1.807, 2.05) is 30.3 Å². The maximum Gasteiger partial charge on any atom is 0.262 e. The van der Waals surface area contributed by atoms with Gasteiger partial charge in [0.05, 0.1) is 30.0 Å². The van der Waals surface area contributed by atoms with Gasteiger partial charge in [0.2, 0.25) is 0 Å². The number of fused-ring (bicyclic) bond motifs is 1. The standard InChI is InChI=1S/C25H24N2O5/c1-16-26-22-9-7-18(11-20(29)15-32-14-17-5-3-2-4-6-17)12-21(22)25(31)27(16)23-10-8-19(28)13-24(23)30/h2-7,9,12,23H,8,10-11,13-15H2,1H3. The topological polar surface area (TPSA) is 95.3 Å². The van der Waals surface area contributed by atoms with Crippen LogP contribution in [-0.4, -0.2) is 33.5 Å². The fourth-order valence-corrected chi connectivity index (χ4v) is 4.10. The van der Waals surface area contributed by atoms with Gasteiger partial charge < -0.3 is 4.74 Å². The summed E-state index contributed by atoms with van der Waals surface area (Å²) in [6.45, 7) is 2.02. The van der Waals surface area contributed by atoms with Crippen molar-refractivity contribution in [2.24, 2.45) is 0 Å². The Bertz CT molecular complexity index is 1250. The molecule has 0 aliphatic heterocycles. The Morgan fingerprint density at radius 1 is 1.09 bits per heavy atom. The summed E-state index contributed by atoms with van der Waals surface area (Å²) in [4.78, 5) is 54.0. The lowest BCUT2D eigenvalue weighted by molar-refractivity contribution is -0.132. The first-order valence-electron chi connectivity index (χ1n) is 10.6. The van der Waals surface area contributed by atoms with E-state index in [1.165, 1.54) is 4.57 Å². The van der Waals surface area contributed by atoms with Gasteiger partial charge in [0.25, 0.3) is 5.56 Å². The maximum atomic E-state index is 13.2. The second-order valence-electron chi connectivity index (χ2n) is 8.12. The molecule has 0 amide bonds. The van der Waals surface area contributed by atoms with Gasteiger partial charge in [-0.3, -0.25) is 23.7 Å². The van der Waals surface area contributed by atoms with Crippen molar-refractivity contribution in [1.82, 2.24) is 9.55 Å². The lowest BCUT2D eigenvalue weighted by Crippen LogP contribution is -2.36. The fourth-order valence-electron chi connectivity index (χ4n) is 4.10. The molecular weight excluding hydrogens is 408 g/mol. The minimum atomic E-state index is -0.672. The van der Waals surface area contributed by atoms with Crippen molar-refractivity contribution >= 4 is 28.3 Å². The summed E-state index contributed by atoms with van der Waals surface area (Å²) in [6, 6.07) is 14.1. The molecule has 1 aromatic heterocycles. The third-order valence-corrected chi connectivity index (χ3v) is 5.67. The summed E-state index contributed by atoms with van der Waals surface area (Å²) < 4.78 is 6.90. The van der Waals surface area contributed by atoms with Crippen LogP contribution in [0.25, 0.3) is 10.9 Å². The van der Waals surface area contributed by atoms with Crippen LogP contribution in [0.3, 0.4) is 0 Å². The summed E-state index contributed by atoms with van der Waals surface area (Å²) in [5.41, 5.74) is 1.87. The molecule has 1 saturated carbocycles. The van der Waals surface area contributed by atoms with E-state index in [-0.39, 0.29) is 48.8 Å². The smallest absolute Gasteiger partial charge is 0.262 e. The number of benzene rings is 2. The molecule has 1 aliphatic carbocycles. The monoisotopic (exact) mass is 432 g/mol. The average Bonchev–Trinajstić information content (AvgIpc) is 2.76. The normalized spacial score (nSPS) is 16.5. The number of Topliss-reactive ketones (excluding diaryl/α,β-unsaturated/α-hetero) is 3. The molecule has 1 atom stereocenters. The van der Waals surface area contributed by atoms with Crippen molar-refractivity contribution in [3.8, 4) is 0 Å². The number of hydrogen-bond donors (Lipinski definition) is 0. The van der Waals surface area contributed by atoms with E-state index < -0.39 is 6.04 Å². The van der Waals surface area contributed by atoms with E-state index in [1.54, 1.807) is 25.1 Å². The molecule has 0 N–H and O–H groups in total. The van der Waals surface area contributed by atoms with Crippen molar-refractivity contribution < 1.29 is 19.1 Å². The second-order valence-corrected chi connectivity index (χ2v) is 8.12. The van der Waals surface area contributed by atoms with Crippen LogP contribution in [0.5, 0.6) is 0 Å². The number of carbonyl (C=O) groups excluding carboxylic acids is 3. The summed E-state index contributed by atoms with van der Waals surface area (Å²) in [6.07, 6.45) is 0.571. The number of hydrogen-bond acceptors (Lipinski definition) is 6. The van der Waals surface area contributed by atoms with Gasteiger partial charge in [-0.05, 0) is 36.6 Å². The van der Waals surface area contributed by atoms with Crippen LogP contribution in [0.2, 0.25) is 0 Å². The Labute approximate surface area is 185 Å². The molecule has 1 fully saturated rings. The summed E-state index contributed by atoms with van der Waals surface area (Å²) in [5, 5.41) is 0.357. The number of aryl methyl sites for hydroxylation is 1. The van der Waals surface area contributed by atoms with Crippen molar-refractivity contribution in [2.75, 3.05) is 6.61 Å². The minimum Gasteiger partial charge on any atom is -0.369 e. The lowest BCUT2D eigenvalue weighted by atomic mass is 9.92. The number of ether oxygens (including phenoxy) is 1. The maximum absolute atomic E-state index is 13.2. The first-order valence-corrected chi connectivity index (χ1v) is 10.6. The predicted octanol–water partition coefficient (Wildman–Crippen LogP) is 2.90. The Kier molecular flexibility index (Phi) is 6.37. The van der Waals surface area contributed by atoms with Gasteiger partial charge in [0.1, 0.15) is 18.2 Å².